The number of nitrogens with two attached hydrogens (primary N) is 1. The van der Waals surface area contributed by atoms with Crippen molar-refractivity contribution in [3.63, 3.8) is 0 Å². The van der Waals surface area contributed by atoms with Crippen LogP contribution in [-0.2, 0) is 4.79 Å². The quantitative estimate of drug-likeness (QED) is 0.828. The van der Waals surface area contributed by atoms with Gasteiger partial charge in [0, 0.05) is 37.2 Å². The Morgan fingerprint density at radius 2 is 2.28 bits per heavy atom. The Kier molecular flexibility index (Phi) is 4.28. The summed E-state index contributed by atoms with van der Waals surface area (Å²) in [5.41, 5.74) is 7.65. The van der Waals surface area contributed by atoms with Gasteiger partial charge >= 0.3 is 0 Å². The van der Waals surface area contributed by atoms with Gasteiger partial charge in [-0.1, -0.05) is 0 Å². The molecule has 1 aliphatic heterocycles. The summed E-state index contributed by atoms with van der Waals surface area (Å²) in [6.45, 7) is 4.19. The van der Waals surface area contributed by atoms with Crippen LogP contribution in [0.3, 0.4) is 0 Å². The van der Waals surface area contributed by atoms with Crippen LogP contribution in [0, 0.1) is 6.92 Å². The molecule has 0 saturated carbocycles. The Hall–Kier alpha value is -1.46. The number of hydrogen-bond acceptors (Lipinski definition) is 4. The van der Waals surface area contributed by atoms with E-state index >= 15 is 0 Å². The van der Waals surface area contributed by atoms with Gasteiger partial charge in [0.05, 0.1) is 6.54 Å². The maximum Gasteiger partial charge on any atom is 0.238 e. The van der Waals surface area contributed by atoms with Crippen molar-refractivity contribution in [3.8, 4) is 0 Å². The molecule has 98 valence electrons. The van der Waals surface area contributed by atoms with Gasteiger partial charge in [-0.05, 0) is 31.4 Å². The summed E-state index contributed by atoms with van der Waals surface area (Å²) in [6, 6.07) is 2.12. The minimum absolute atomic E-state index is 0.0276. The molecular formula is C13H20N4O. The zero-order valence-corrected chi connectivity index (χ0v) is 10.7. The largest absolute Gasteiger partial charge is 0.328 e. The molecule has 0 aromatic carbocycles. The fourth-order valence-corrected chi connectivity index (χ4v) is 2.12. The zero-order valence-electron chi connectivity index (χ0n) is 10.7. The van der Waals surface area contributed by atoms with Crippen LogP contribution in [-0.4, -0.2) is 41.5 Å². The molecule has 1 aliphatic rings. The van der Waals surface area contributed by atoms with Gasteiger partial charge in [0.1, 0.15) is 0 Å². The summed E-state index contributed by atoms with van der Waals surface area (Å²) >= 11 is 0. The average molecular weight is 248 g/mol. The molecule has 1 aromatic rings. The van der Waals surface area contributed by atoms with Crippen molar-refractivity contribution in [2.75, 3.05) is 25.0 Å². The standard InChI is InChI=1S/C13H20N4O/c1-10-8-15-5-2-12(10)16-13(18)9-17-6-3-11(14)4-7-17/h2,5,8,11H,3-4,6-7,9,14H2,1H3,(H,15,16,18). The highest BCUT2D eigenvalue weighted by molar-refractivity contribution is 5.92. The van der Waals surface area contributed by atoms with Crippen LogP contribution < -0.4 is 11.1 Å². The highest BCUT2D eigenvalue weighted by atomic mass is 16.2. The molecule has 18 heavy (non-hydrogen) atoms. The predicted octanol–water partition coefficient (Wildman–Crippen LogP) is 0.752. The molecule has 0 atom stereocenters. The molecule has 2 rings (SSSR count). The van der Waals surface area contributed by atoms with Gasteiger partial charge in [0.2, 0.25) is 5.91 Å². The van der Waals surface area contributed by atoms with Gasteiger partial charge in [-0.25, -0.2) is 0 Å². The van der Waals surface area contributed by atoms with Crippen molar-refractivity contribution in [2.24, 2.45) is 5.73 Å². The highest BCUT2D eigenvalue weighted by Crippen LogP contribution is 2.12. The summed E-state index contributed by atoms with van der Waals surface area (Å²) in [4.78, 5) is 18.1. The lowest BCUT2D eigenvalue weighted by Crippen LogP contribution is -2.43. The Morgan fingerprint density at radius 3 is 2.94 bits per heavy atom. The molecule has 0 aliphatic carbocycles. The van der Waals surface area contributed by atoms with E-state index in [-0.39, 0.29) is 5.91 Å². The van der Waals surface area contributed by atoms with Gasteiger partial charge in [-0.2, -0.15) is 0 Å². The number of anilines is 1. The zero-order chi connectivity index (χ0) is 13.0. The second-order valence-electron chi connectivity index (χ2n) is 4.85. The van der Waals surface area contributed by atoms with Gasteiger partial charge in [-0.3, -0.25) is 14.7 Å². The third-order valence-corrected chi connectivity index (χ3v) is 3.29. The van der Waals surface area contributed by atoms with Crippen LogP contribution in [0.25, 0.3) is 0 Å². The van der Waals surface area contributed by atoms with Gasteiger partial charge < -0.3 is 11.1 Å². The monoisotopic (exact) mass is 248 g/mol. The average Bonchev–Trinajstić information content (AvgIpc) is 2.35. The summed E-state index contributed by atoms with van der Waals surface area (Å²) in [5, 5.41) is 2.92. The molecule has 2 heterocycles. The van der Waals surface area contributed by atoms with E-state index in [1.165, 1.54) is 0 Å². The van der Waals surface area contributed by atoms with Crippen molar-refractivity contribution in [3.05, 3.63) is 24.0 Å². The van der Waals surface area contributed by atoms with E-state index in [2.05, 4.69) is 15.2 Å². The Morgan fingerprint density at radius 1 is 1.56 bits per heavy atom. The van der Waals surface area contributed by atoms with E-state index in [0.717, 1.165) is 37.2 Å². The number of nitrogens with one attached hydrogen (secondary N) is 1. The van der Waals surface area contributed by atoms with Crippen molar-refractivity contribution < 1.29 is 4.79 Å². The molecule has 3 N–H and O–H groups in total. The van der Waals surface area contributed by atoms with Gasteiger partial charge in [-0.15, -0.1) is 0 Å². The van der Waals surface area contributed by atoms with Crippen LogP contribution in [0.2, 0.25) is 0 Å². The predicted molar refractivity (Wildman–Crippen MR) is 71.3 cm³/mol. The van der Waals surface area contributed by atoms with Crippen molar-refractivity contribution >= 4 is 11.6 Å². The molecular weight excluding hydrogens is 228 g/mol. The van der Waals surface area contributed by atoms with Gasteiger partial charge in [0.25, 0.3) is 0 Å². The number of piperidine rings is 1. The minimum Gasteiger partial charge on any atom is -0.328 e. The lowest BCUT2D eigenvalue weighted by atomic mass is 10.1. The van der Waals surface area contributed by atoms with Crippen molar-refractivity contribution in [1.82, 2.24) is 9.88 Å². The first-order valence-electron chi connectivity index (χ1n) is 6.33. The minimum atomic E-state index is 0.0276. The number of aromatic nitrogens is 1. The molecule has 0 spiro atoms. The van der Waals surface area contributed by atoms with Crippen molar-refractivity contribution in [1.29, 1.82) is 0 Å². The number of pyridine rings is 1. The van der Waals surface area contributed by atoms with Crippen molar-refractivity contribution in [2.45, 2.75) is 25.8 Å². The summed E-state index contributed by atoms with van der Waals surface area (Å²) in [6.07, 6.45) is 5.38. The molecule has 5 heteroatoms. The molecule has 1 fully saturated rings. The summed E-state index contributed by atoms with van der Waals surface area (Å²) < 4.78 is 0. The number of aryl methyl sites for hydroxylation is 1. The molecule has 1 amide bonds. The number of rotatable bonds is 3. The lowest BCUT2D eigenvalue weighted by molar-refractivity contribution is -0.117. The van der Waals surface area contributed by atoms with E-state index in [4.69, 9.17) is 5.73 Å². The smallest absolute Gasteiger partial charge is 0.238 e. The van der Waals surface area contributed by atoms with E-state index < -0.39 is 0 Å². The van der Waals surface area contributed by atoms with Crippen LogP contribution in [0.15, 0.2) is 18.5 Å². The fourth-order valence-electron chi connectivity index (χ4n) is 2.12. The van der Waals surface area contributed by atoms with Crippen LogP contribution in [0.5, 0.6) is 0 Å². The molecule has 1 aromatic heterocycles. The summed E-state index contributed by atoms with van der Waals surface area (Å²) in [7, 11) is 0. The lowest BCUT2D eigenvalue weighted by Gasteiger charge is -2.29. The maximum absolute atomic E-state index is 11.9. The van der Waals surface area contributed by atoms with E-state index in [1.807, 2.05) is 13.0 Å². The SMILES string of the molecule is Cc1cnccc1NC(=O)CN1CCC(N)CC1. The number of amides is 1. The molecule has 0 unspecified atom stereocenters. The third-order valence-electron chi connectivity index (χ3n) is 3.29. The van der Waals surface area contributed by atoms with E-state index in [9.17, 15) is 4.79 Å². The number of likely N-dealkylation sites (tertiary alicyclic amines) is 1. The number of carbonyl (C=O) groups excluding carboxylic acids is 1. The number of carbonyl (C=O) groups is 1. The Bertz CT molecular complexity index is 413. The second-order valence-corrected chi connectivity index (χ2v) is 4.85. The Balaban J connectivity index is 1.84. The number of nitrogens with zero attached hydrogens (tertiary/aromatic N) is 2. The molecule has 1 saturated heterocycles. The van der Waals surface area contributed by atoms with E-state index in [0.29, 0.717) is 12.6 Å². The second kappa shape index (κ2) is 5.93. The first-order chi connectivity index (χ1) is 8.65. The van der Waals surface area contributed by atoms with Gasteiger partial charge in [0.15, 0.2) is 0 Å². The topological polar surface area (TPSA) is 71.2 Å². The summed E-state index contributed by atoms with van der Waals surface area (Å²) in [5.74, 6) is 0.0276. The first kappa shape index (κ1) is 13.0. The fraction of sp³-hybridized carbons (Fsp3) is 0.538. The van der Waals surface area contributed by atoms with Crippen LogP contribution >= 0.6 is 0 Å². The highest BCUT2D eigenvalue weighted by Gasteiger charge is 2.18. The molecule has 0 bridgehead atoms. The Labute approximate surface area is 107 Å². The van der Waals surface area contributed by atoms with Crippen LogP contribution in [0.1, 0.15) is 18.4 Å². The van der Waals surface area contributed by atoms with E-state index in [1.54, 1.807) is 12.4 Å². The number of hydrogen-bond donors (Lipinski definition) is 2. The van der Waals surface area contributed by atoms with Crippen LogP contribution in [0.4, 0.5) is 5.69 Å². The first-order valence-corrected chi connectivity index (χ1v) is 6.33. The third kappa shape index (κ3) is 3.51. The molecule has 5 nitrogen and oxygen atoms in total. The molecule has 0 radical (unpaired) electrons. The maximum atomic E-state index is 11.9. The normalized spacial score (nSPS) is 17.7.